The van der Waals surface area contributed by atoms with E-state index in [1.54, 1.807) is 48.7 Å². The van der Waals surface area contributed by atoms with Crippen LogP contribution in [0.3, 0.4) is 0 Å². The van der Waals surface area contributed by atoms with Crippen molar-refractivity contribution in [2.45, 2.75) is 13.3 Å². The molecule has 0 spiro atoms. The number of rotatable bonds is 7. The van der Waals surface area contributed by atoms with E-state index in [1.807, 2.05) is 0 Å². The van der Waals surface area contributed by atoms with Crippen LogP contribution in [0, 0.1) is 5.82 Å². The Morgan fingerprint density at radius 3 is 2.32 bits per heavy atom. The van der Waals surface area contributed by atoms with Gasteiger partial charge in [-0.15, -0.1) is 0 Å². The minimum Gasteiger partial charge on any atom is -0.383 e. The molecule has 0 aliphatic carbocycles. The summed E-state index contributed by atoms with van der Waals surface area (Å²) in [5.41, 5.74) is 3.35. The number of nitrogens with zero attached hydrogens (tertiary/aromatic N) is 1. The lowest BCUT2D eigenvalue weighted by Crippen LogP contribution is -2.13. The normalized spacial score (nSPS) is 10.4. The minimum absolute atomic E-state index is 0.0264. The van der Waals surface area contributed by atoms with Crippen molar-refractivity contribution in [2.24, 2.45) is 0 Å². The van der Waals surface area contributed by atoms with E-state index in [9.17, 15) is 14.0 Å². The van der Waals surface area contributed by atoms with Gasteiger partial charge in [0.25, 0.3) is 5.91 Å². The quantitative estimate of drug-likeness (QED) is 0.601. The molecule has 0 atom stereocenters. The Labute approximate surface area is 162 Å². The molecule has 3 rings (SSSR count). The lowest BCUT2D eigenvalue weighted by molar-refractivity contribution is 0.101. The molecule has 1 heterocycles. The molecule has 3 aromatic rings. The standard InChI is InChI=1S/C22H20FN3O2/c1-15(27)17-4-8-20(9-5-17)26-22(28)18-12-21(14-24-13-18)25-11-10-16-2-6-19(23)7-3-16/h2-9,12-14,25H,10-11H2,1H3,(H,26,28). The first-order chi connectivity index (χ1) is 13.5. The number of hydrogen-bond donors (Lipinski definition) is 2. The molecule has 1 amide bonds. The number of anilines is 2. The number of carbonyl (C=O) groups excluding carboxylic acids is 2. The van der Waals surface area contributed by atoms with Crippen LogP contribution >= 0.6 is 0 Å². The van der Waals surface area contributed by atoms with Gasteiger partial charge in [0.1, 0.15) is 5.82 Å². The number of benzene rings is 2. The summed E-state index contributed by atoms with van der Waals surface area (Å²) in [5.74, 6) is -0.567. The van der Waals surface area contributed by atoms with Crippen molar-refractivity contribution in [1.82, 2.24) is 4.98 Å². The molecule has 142 valence electrons. The molecule has 5 nitrogen and oxygen atoms in total. The van der Waals surface area contributed by atoms with Gasteiger partial charge >= 0.3 is 0 Å². The highest BCUT2D eigenvalue weighted by atomic mass is 19.1. The van der Waals surface area contributed by atoms with E-state index in [4.69, 9.17) is 0 Å². The van der Waals surface area contributed by atoms with Crippen LogP contribution in [0.25, 0.3) is 0 Å². The van der Waals surface area contributed by atoms with Crippen LogP contribution < -0.4 is 10.6 Å². The van der Waals surface area contributed by atoms with E-state index in [0.29, 0.717) is 23.4 Å². The van der Waals surface area contributed by atoms with Gasteiger partial charge in [0.05, 0.1) is 11.3 Å². The van der Waals surface area contributed by atoms with E-state index >= 15 is 0 Å². The van der Waals surface area contributed by atoms with Crippen LogP contribution in [0.2, 0.25) is 0 Å². The summed E-state index contributed by atoms with van der Waals surface area (Å²) in [6.07, 6.45) is 3.85. The Morgan fingerprint density at radius 2 is 1.64 bits per heavy atom. The van der Waals surface area contributed by atoms with Crippen molar-refractivity contribution in [2.75, 3.05) is 17.2 Å². The van der Waals surface area contributed by atoms with Gasteiger partial charge in [-0.2, -0.15) is 0 Å². The van der Waals surface area contributed by atoms with E-state index in [0.717, 1.165) is 17.7 Å². The maximum absolute atomic E-state index is 12.9. The third-order valence-electron chi connectivity index (χ3n) is 4.21. The minimum atomic E-state index is -0.287. The van der Waals surface area contributed by atoms with Crippen molar-refractivity contribution in [3.05, 3.63) is 89.5 Å². The molecule has 0 unspecified atom stereocenters. The number of hydrogen-bond acceptors (Lipinski definition) is 4. The fraction of sp³-hybridized carbons (Fsp3) is 0.136. The third kappa shape index (κ3) is 5.23. The molecule has 6 heteroatoms. The highest BCUT2D eigenvalue weighted by molar-refractivity contribution is 6.04. The van der Waals surface area contributed by atoms with Crippen molar-refractivity contribution in [3.63, 3.8) is 0 Å². The van der Waals surface area contributed by atoms with Gasteiger partial charge < -0.3 is 10.6 Å². The molecule has 28 heavy (non-hydrogen) atoms. The summed E-state index contributed by atoms with van der Waals surface area (Å²) in [5, 5.41) is 6.00. The number of pyridine rings is 1. The molecular weight excluding hydrogens is 357 g/mol. The number of Topliss-reactive ketones (excluding diaryl/α,β-unsaturated/α-hetero) is 1. The second-order valence-electron chi connectivity index (χ2n) is 6.35. The zero-order chi connectivity index (χ0) is 19.9. The monoisotopic (exact) mass is 377 g/mol. The van der Waals surface area contributed by atoms with Crippen molar-refractivity contribution in [3.8, 4) is 0 Å². The summed E-state index contributed by atoms with van der Waals surface area (Å²) in [7, 11) is 0. The molecule has 0 saturated heterocycles. The van der Waals surface area contributed by atoms with Crippen LogP contribution in [0.5, 0.6) is 0 Å². The molecule has 0 bridgehead atoms. The lowest BCUT2D eigenvalue weighted by Gasteiger charge is -2.09. The second-order valence-corrected chi connectivity index (χ2v) is 6.35. The van der Waals surface area contributed by atoms with Crippen molar-refractivity contribution >= 4 is 23.1 Å². The number of nitrogens with one attached hydrogen (secondary N) is 2. The molecule has 0 aliphatic heterocycles. The Hall–Kier alpha value is -3.54. The van der Waals surface area contributed by atoms with Gasteiger partial charge in [-0.25, -0.2) is 4.39 Å². The predicted molar refractivity (Wildman–Crippen MR) is 107 cm³/mol. The summed E-state index contributed by atoms with van der Waals surface area (Å²) in [6, 6.07) is 14.8. The first-order valence-corrected chi connectivity index (χ1v) is 8.87. The van der Waals surface area contributed by atoms with Gasteiger partial charge in [0.2, 0.25) is 0 Å². The van der Waals surface area contributed by atoms with Gasteiger partial charge in [-0.3, -0.25) is 14.6 Å². The van der Waals surface area contributed by atoms with E-state index < -0.39 is 0 Å². The average molecular weight is 377 g/mol. The second kappa shape index (κ2) is 8.90. The molecule has 2 aromatic carbocycles. The van der Waals surface area contributed by atoms with Gasteiger partial charge in [-0.05, 0) is 61.4 Å². The summed E-state index contributed by atoms with van der Waals surface area (Å²) in [6.45, 7) is 2.12. The van der Waals surface area contributed by atoms with Crippen LogP contribution in [0.1, 0.15) is 33.2 Å². The predicted octanol–water partition coefficient (Wildman–Crippen LogP) is 4.33. The van der Waals surface area contributed by atoms with Gasteiger partial charge in [-0.1, -0.05) is 12.1 Å². The number of halogens is 1. The third-order valence-corrected chi connectivity index (χ3v) is 4.21. The van der Waals surface area contributed by atoms with Crippen LogP contribution in [0.4, 0.5) is 15.8 Å². The van der Waals surface area contributed by atoms with E-state index in [1.165, 1.54) is 25.3 Å². The fourth-order valence-corrected chi connectivity index (χ4v) is 2.65. The Balaban J connectivity index is 1.57. The average Bonchev–Trinajstić information content (AvgIpc) is 2.70. The molecule has 0 aliphatic rings. The topological polar surface area (TPSA) is 71.1 Å². The zero-order valence-electron chi connectivity index (χ0n) is 15.4. The first-order valence-electron chi connectivity index (χ1n) is 8.87. The molecule has 1 aromatic heterocycles. The number of aromatic nitrogens is 1. The maximum Gasteiger partial charge on any atom is 0.257 e. The summed E-state index contributed by atoms with van der Waals surface area (Å²) < 4.78 is 12.9. The summed E-state index contributed by atoms with van der Waals surface area (Å²) in [4.78, 5) is 27.8. The Kier molecular flexibility index (Phi) is 6.11. The van der Waals surface area contributed by atoms with Crippen molar-refractivity contribution < 1.29 is 14.0 Å². The molecule has 0 saturated carbocycles. The van der Waals surface area contributed by atoms with E-state index in [-0.39, 0.29) is 17.5 Å². The fourth-order valence-electron chi connectivity index (χ4n) is 2.65. The van der Waals surface area contributed by atoms with Crippen molar-refractivity contribution in [1.29, 1.82) is 0 Å². The molecular formula is C22H20FN3O2. The van der Waals surface area contributed by atoms with Crippen LogP contribution in [0.15, 0.2) is 67.0 Å². The molecule has 2 N–H and O–H groups in total. The largest absolute Gasteiger partial charge is 0.383 e. The van der Waals surface area contributed by atoms with Crippen LogP contribution in [-0.2, 0) is 6.42 Å². The zero-order valence-corrected chi connectivity index (χ0v) is 15.4. The Morgan fingerprint density at radius 1 is 0.929 bits per heavy atom. The lowest BCUT2D eigenvalue weighted by atomic mass is 10.1. The van der Waals surface area contributed by atoms with Crippen LogP contribution in [-0.4, -0.2) is 23.2 Å². The smallest absolute Gasteiger partial charge is 0.257 e. The molecule has 0 fully saturated rings. The number of ketones is 1. The molecule has 0 radical (unpaired) electrons. The SMILES string of the molecule is CC(=O)c1ccc(NC(=O)c2cncc(NCCc3ccc(F)cc3)c2)cc1. The van der Waals surface area contributed by atoms with E-state index in [2.05, 4.69) is 15.6 Å². The highest BCUT2D eigenvalue weighted by Gasteiger charge is 2.08. The summed E-state index contributed by atoms with van der Waals surface area (Å²) >= 11 is 0. The first kappa shape index (κ1) is 19.2. The number of amides is 1. The number of carbonyl (C=O) groups is 2. The highest BCUT2D eigenvalue weighted by Crippen LogP contribution is 2.14. The maximum atomic E-state index is 12.9. The van der Waals surface area contributed by atoms with Gasteiger partial charge in [0, 0.05) is 30.2 Å². The van der Waals surface area contributed by atoms with Gasteiger partial charge in [0.15, 0.2) is 5.78 Å². The Bertz CT molecular complexity index is 970.